The third-order valence-corrected chi connectivity index (χ3v) is 5.95. The van der Waals surface area contributed by atoms with Crippen LogP contribution in [0, 0.1) is 0 Å². The van der Waals surface area contributed by atoms with Crippen molar-refractivity contribution in [2.75, 3.05) is 13.1 Å². The highest BCUT2D eigenvalue weighted by Gasteiger charge is 2.37. The molecule has 0 unspecified atom stereocenters. The summed E-state index contributed by atoms with van der Waals surface area (Å²) in [6, 6.07) is 17.1. The van der Waals surface area contributed by atoms with Crippen LogP contribution in [0.25, 0.3) is 0 Å². The number of esters is 1. The Morgan fingerprint density at radius 2 is 1.73 bits per heavy atom. The number of amides is 2. The minimum atomic E-state index is -0.492. The van der Waals surface area contributed by atoms with Gasteiger partial charge in [-0.2, -0.15) is 0 Å². The van der Waals surface area contributed by atoms with Crippen molar-refractivity contribution in [1.29, 1.82) is 0 Å². The Kier molecular flexibility index (Phi) is 6.55. The molecule has 2 aromatic rings. The number of likely N-dealkylation sites (tertiary alicyclic amines) is 1. The highest BCUT2D eigenvalue weighted by molar-refractivity contribution is 6.30. The average molecular weight is 428 g/mol. The Labute approximate surface area is 181 Å². The number of carbonyl (C=O) groups is 2. The summed E-state index contributed by atoms with van der Waals surface area (Å²) in [6.07, 6.45) is 1.48. The fourth-order valence-electron chi connectivity index (χ4n) is 4.11. The van der Waals surface area contributed by atoms with Crippen LogP contribution in [-0.2, 0) is 16.1 Å². The molecule has 0 aliphatic carbocycles. The molecule has 2 atom stereocenters. The molecular weight excluding hydrogens is 402 g/mol. The van der Waals surface area contributed by atoms with E-state index in [1.165, 1.54) is 5.56 Å². The number of rotatable bonds is 5. The summed E-state index contributed by atoms with van der Waals surface area (Å²) in [7, 11) is 0. The lowest BCUT2D eigenvalue weighted by Crippen LogP contribution is -2.50. The molecule has 158 valence electrons. The highest BCUT2D eigenvalue weighted by atomic mass is 35.5. The number of benzene rings is 2. The quantitative estimate of drug-likeness (QED) is 0.714. The molecule has 0 aromatic heterocycles. The molecule has 30 heavy (non-hydrogen) atoms. The van der Waals surface area contributed by atoms with E-state index in [-0.39, 0.29) is 24.5 Å². The molecule has 2 N–H and O–H groups in total. The maximum absolute atomic E-state index is 12.6. The molecule has 2 aliphatic rings. The zero-order valence-corrected chi connectivity index (χ0v) is 17.5. The summed E-state index contributed by atoms with van der Waals surface area (Å²) < 4.78 is 5.43. The summed E-state index contributed by atoms with van der Waals surface area (Å²) in [5, 5.41) is 6.60. The minimum absolute atomic E-state index is 0.129. The molecule has 2 saturated heterocycles. The zero-order chi connectivity index (χ0) is 20.9. The van der Waals surface area contributed by atoms with Crippen LogP contribution in [0.1, 0.15) is 36.5 Å². The maximum atomic E-state index is 12.6. The third-order valence-electron chi connectivity index (χ3n) is 5.70. The number of hydrogen-bond acceptors (Lipinski definition) is 4. The summed E-state index contributed by atoms with van der Waals surface area (Å²) >= 11 is 5.94. The second-order valence-corrected chi connectivity index (χ2v) is 8.36. The van der Waals surface area contributed by atoms with Crippen molar-refractivity contribution in [2.24, 2.45) is 0 Å². The molecule has 4 rings (SSSR count). The highest BCUT2D eigenvalue weighted by Crippen LogP contribution is 2.30. The molecule has 0 bridgehead atoms. The molecule has 0 radical (unpaired) electrons. The van der Waals surface area contributed by atoms with Crippen LogP contribution in [-0.4, -0.2) is 42.1 Å². The van der Waals surface area contributed by atoms with Gasteiger partial charge in [0.05, 0.1) is 12.5 Å². The van der Waals surface area contributed by atoms with Crippen molar-refractivity contribution >= 4 is 23.6 Å². The van der Waals surface area contributed by atoms with Gasteiger partial charge < -0.3 is 15.4 Å². The molecule has 2 aliphatic heterocycles. The Morgan fingerprint density at radius 3 is 2.43 bits per heavy atom. The second kappa shape index (κ2) is 9.49. The Hall–Kier alpha value is -2.57. The van der Waals surface area contributed by atoms with Crippen molar-refractivity contribution in [2.45, 2.75) is 44.0 Å². The maximum Gasteiger partial charge on any atom is 0.315 e. The summed E-state index contributed by atoms with van der Waals surface area (Å²) in [5.74, 6) is -0.311. The Bertz CT molecular complexity index is 867. The van der Waals surface area contributed by atoms with E-state index < -0.39 is 12.1 Å². The molecular formula is C23H26ClN3O3. The van der Waals surface area contributed by atoms with Crippen LogP contribution in [0.4, 0.5) is 4.79 Å². The number of piperidine rings is 1. The van der Waals surface area contributed by atoms with Crippen LogP contribution in [0.2, 0.25) is 5.02 Å². The van der Waals surface area contributed by atoms with Gasteiger partial charge >= 0.3 is 12.0 Å². The van der Waals surface area contributed by atoms with E-state index in [1.54, 1.807) is 12.1 Å². The predicted molar refractivity (Wildman–Crippen MR) is 115 cm³/mol. The number of nitrogens with zero attached hydrogens (tertiary/aromatic N) is 1. The first-order valence-corrected chi connectivity index (χ1v) is 10.7. The van der Waals surface area contributed by atoms with Gasteiger partial charge in [0.25, 0.3) is 0 Å². The Morgan fingerprint density at radius 1 is 1.03 bits per heavy atom. The Balaban J connectivity index is 1.26. The third kappa shape index (κ3) is 5.32. The van der Waals surface area contributed by atoms with E-state index in [0.717, 1.165) is 38.0 Å². The van der Waals surface area contributed by atoms with Crippen LogP contribution in [0.15, 0.2) is 54.6 Å². The second-order valence-electron chi connectivity index (χ2n) is 7.93. The minimum Gasteiger partial charge on any atom is -0.455 e. The lowest BCUT2D eigenvalue weighted by molar-refractivity contribution is -0.141. The molecule has 2 fully saturated rings. The largest absolute Gasteiger partial charge is 0.455 e. The van der Waals surface area contributed by atoms with Gasteiger partial charge in [-0.25, -0.2) is 4.79 Å². The van der Waals surface area contributed by atoms with Crippen molar-refractivity contribution in [3.8, 4) is 0 Å². The first-order chi connectivity index (χ1) is 14.6. The van der Waals surface area contributed by atoms with Crippen LogP contribution < -0.4 is 10.6 Å². The van der Waals surface area contributed by atoms with E-state index >= 15 is 0 Å². The average Bonchev–Trinajstić information content (AvgIpc) is 3.10. The molecule has 7 heteroatoms. The molecule has 2 heterocycles. The summed E-state index contributed by atoms with van der Waals surface area (Å²) in [5.41, 5.74) is 2.13. The van der Waals surface area contributed by atoms with E-state index in [4.69, 9.17) is 16.3 Å². The van der Waals surface area contributed by atoms with Gasteiger partial charge in [0.2, 0.25) is 0 Å². The monoisotopic (exact) mass is 427 g/mol. The molecule has 2 aromatic carbocycles. The van der Waals surface area contributed by atoms with Gasteiger partial charge in [-0.3, -0.25) is 9.69 Å². The van der Waals surface area contributed by atoms with Crippen LogP contribution in [0.3, 0.4) is 0 Å². The van der Waals surface area contributed by atoms with Gasteiger partial charge in [-0.05, 0) is 36.1 Å². The SMILES string of the molecule is O=C(NC1CCN(Cc2ccccc2)CC1)N[C@H]1CC(=O)O[C@@H]1c1ccc(Cl)cc1. The van der Waals surface area contributed by atoms with E-state index in [1.807, 2.05) is 18.2 Å². The van der Waals surface area contributed by atoms with E-state index in [9.17, 15) is 9.59 Å². The fourth-order valence-corrected chi connectivity index (χ4v) is 4.24. The van der Waals surface area contributed by atoms with Crippen LogP contribution >= 0.6 is 11.6 Å². The lowest BCUT2D eigenvalue weighted by Gasteiger charge is -2.32. The van der Waals surface area contributed by atoms with E-state index in [2.05, 4.69) is 39.8 Å². The zero-order valence-electron chi connectivity index (χ0n) is 16.7. The topological polar surface area (TPSA) is 70.7 Å². The molecule has 0 saturated carbocycles. The number of cyclic esters (lactones) is 1. The van der Waals surface area contributed by atoms with Crippen molar-refractivity contribution < 1.29 is 14.3 Å². The normalized spacial score (nSPS) is 22.5. The number of carbonyl (C=O) groups excluding carboxylic acids is 2. The van der Waals surface area contributed by atoms with Crippen molar-refractivity contribution in [3.05, 3.63) is 70.7 Å². The fraction of sp³-hybridized carbons (Fsp3) is 0.391. The number of ether oxygens (including phenoxy) is 1. The molecule has 2 amide bonds. The van der Waals surface area contributed by atoms with Gasteiger partial charge in [-0.15, -0.1) is 0 Å². The predicted octanol–water partition coefficient (Wildman–Crippen LogP) is 3.66. The van der Waals surface area contributed by atoms with Gasteiger partial charge in [-0.1, -0.05) is 54.1 Å². The van der Waals surface area contributed by atoms with Gasteiger partial charge in [0.1, 0.15) is 6.10 Å². The lowest BCUT2D eigenvalue weighted by atomic mass is 10.0. The number of urea groups is 1. The van der Waals surface area contributed by atoms with Crippen LogP contribution in [0.5, 0.6) is 0 Å². The molecule has 6 nitrogen and oxygen atoms in total. The van der Waals surface area contributed by atoms with E-state index in [0.29, 0.717) is 5.02 Å². The number of hydrogen-bond donors (Lipinski definition) is 2. The first-order valence-electron chi connectivity index (χ1n) is 10.3. The standard InChI is InChI=1S/C23H26ClN3O3/c24-18-8-6-17(7-9-18)22-20(14-21(28)30-22)26-23(29)25-19-10-12-27(13-11-19)15-16-4-2-1-3-5-16/h1-9,19-20,22H,10-15H2,(H2,25,26,29)/t20-,22+/m0/s1. The smallest absolute Gasteiger partial charge is 0.315 e. The number of halogens is 1. The van der Waals surface area contributed by atoms with Gasteiger partial charge in [0.15, 0.2) is 0 Å². The number of nitrogens with one attached hydrogen (secondary N) is 2. The van der Waals surface area contributed by atoms with Crippen molar-refractivity contribution in [3.63, 3.8) is 0 Å². The molecule has 0 spiro atoms. The van der Waals surface area contributed by atoms with Crippen molar-refractivity contribution in [1.82, 2.24) is 15.5 Å². The summed E-state index contributed by atoms with van der Waals surface area (Å²) in [6.45, 7) is 2.82. The first kappa shape index (κ1) is 20.7. The summed E-state index contributed by atoms with van der Waals surface area (Å²) in [4.78, 5) is 26.8. The van der Waals surface area contributed by atoms with Gasteiger partial charge in [0, 0.05) is 30.7 Å².